The van der Waals surface area contributed by atoms with E-state index in [9.17, 15) is 10.1 Å². The summed E-state index contributed by atoms with van der Waals surface area (Å²) in [5.74, 6) is 0. The van der Waals surface area contributed by atoms with Crippen molar-refractivity contribution in [3.05, 3.63) is 50.1 Å². The van der Waals surface area contributed by atoms with Crippen molar-refractivity contribution in [1.29, 1.82) is 0 Å². The molecule has 0 aliphatic carbocycles. The smallest absolute Gasteiger partial charge is 0.298 e. The lowest BCUT2D eigenvalue weighted by atomic mass is 9.85. The Labute approximate surface area is 132 Å². The van der Waals surface area contributed by atoms with E-state index in [1.54, 1.807) is 0 Å². The topological polar surface area (TPSA) is 58.9 Å². The van der Waals surface area contributed by atoms with E-state index in [2.05, 4.69) is 20.9 Å². The van der Waals surface area contributed by atoms with Crippen molar-refractivity contribution in [2.75, 3.05) is 0 Å². The number of aromatic amines is 1. The average molecular weight is 351 g/mol. The number of aryl methyl sites for hydroxylation is 1. The first-order valence-electron chi connectivity index (χ1n) is 6.92. The van der Waals surface area contributed by atoms with Gasteiger partial charge < -0.3 is 4.98 Å². The molecule has 0 fully saturated rings. The number of H-pyrrole nitrogens is 1. The second-order valence-electron chi connectivity index (χ2n) is 6.04. The van der Waals surface area contributed by atoms with Gasteiger partial charge in [-0.2, -0.15) is 0 Å². The van der Waals surface area contributed by atoms with Crippen molar-refractivity contribution in [2.45, 2.75) is 39.5 Å². The fraction of sp³-hybridized carbons (Fsp3) is 0.375. The number of aromatic nitrogens is 1. The van der Waals surface area contributed by atoms with E-state index in [-0.39, 0.29) is 16.0 Å². The Morgan fingerprint density at radius 3 is 2.38 bits per heavy atom. The largest absolute Gasteiger partial charge is 0.352 e. The fourth-order valence-corrected chi connectivity index (χ4v) is 3.14. The lowest BCUT2D eigenvalue weighted by Gasteiger charge is -2.18. The molecule has 0 unspecified atom stereocenters. The Morgan fingerprint density at radius 2 is 1.90 bits per heavy atom. The molecule has 0 saturated heterocycles. The van der Waals surface area contributed by atoms with Crippen LogP contribution in [0.3, 0.4) is 0 Å². The monoisotopic (exact) mass is 350 g/mol. The van der Waals surface area contributed by atoms with Crippen LogP contribution < -0.4 is 0 Å². The summed E-state index contributed by atoms with van der Waals surface area (Å²) in [4.78, 5) is 14.7. The van der Waals surface area contributed by atoms with Crippen LogP contribution in [0.25, 0.3) is 11.3 Å². The fourth-order valence-electron chi connectivity index (χ4n) is 2.65. The molecule has 1 aromatic heterocycles. The summed E-state index contributed by atoms with van der Waals surface area (Å²) in [7, 11) is 0. The summed E-state index contributed by atoms with van der Waals surface area (Å²) >= 11 is 3.48. The molecule has 2 aromatic rings. The molecule has 0 aliphatic heterocycles. The molecular formula is C16H19BrN2O2. The van der Waals surface area contributed by atoms with Gasteiger partial charge in [-0.1, -0.05) is 61.8 Å². The molecule has 0 atom stereocenters. The molecule has 5 heteroatoms. The minimum Gasteiger partial charge on any atom is -0.352 e. The van der Waals surface area contributed by atoms with Crippen molar-refractivity contribution in [1.82, 2.24) is 4.98 Å². The molecule has 0 amide bonds. The van der Waals surface area contributed by atoms with Crippen LogP contribution in [0, 0.1) is 10.1 Å². The van der Waals surface area contributed by atoms with Crippen molar-refractivity contribution in [2.24, 2.45) is 0 Å². The molecule has 1 heterocycles. The van der Waals surface area contributed by atoms with Crippen molar-refractivity contribution < 1.29 is 4.92 Å². The molecule has 2 rings (SSSR count). The molecule has 1 N–H and O–H groups in total. The van der Waals surface area contributed by atoms with E-state index < -0.39 is 0 Å². The second kappa shape index (κ2) is 5.64. The summed E-state index contributed by atoms with van der Waals surface area (Å²) in [6, 6.07) is 7.55. The molecule has 0 saturated carbocycles. The van der Waals surface area contributed by atoms with E-state index >= 15 is 0 Å². The first-order valence-corrected chi connectivity index (χ1v) is 7.71. The van der Waals surface area contributed by atoms with Gasteiger partial charge in [0.05, 0.1) is 10.5 Å². The maximum absolute atomic E-state index is 11.7. The number of nitro groups is 1. The summed E-state index contributed by atoms with van der Waals surface area (Å²) in [5, 5.41) is 11.7. The molecule has 21 heavy (non-hydrogen) atoms. The normalized spacial score (nSPS) is 11.7. The predicted octanol–water partition coefficient (Wildman–Crippen LogP) is 5.21. The Kier molecular flexibility index (Phi) is 4.23. The third-order valence-corrected chi connectivity index (χ3v) is 4.17. The lowest BCUT2D eigenvalue weighted by Crippen LogP contribution is -2.14. The molecule has 0 bridgehead atoms. The number of nitrogens with zero attached hydrogens (tertiary/aromatic N) is 1. The highest BCUT2D eigenvalue weighted by Gasteiger charge is 2.34. The minimum atomic E-state index is -0.288. The van der Waals surface area contributed by atoms with Gasteiger partial charge in [0.2, 0.25) is 0 Å². The number of benzene rings is 1. The predicted molar refractivity (Wildman–Crippen MR) is 88.7 cm³/mol. The van der Waals surface area contributed by atoms with E-state index in [4.69, 9.17) is 0 Å². The zero-order valence-corrected chi connectivity index (χ0v) is 14.2. The van der Waals surface area contributed by atoms with Crippen LogP contribution in [0.1, 0.15) is 39.0 Å². The molecule has 0 spiro atoms. The quantitative estimate of drug-likeness (QED) is 0.609. The van der Waals surface area contributed by atoms with Gasteiger partial charge in [-0.25, -0.2) is 0 Å². The first-order chi connectivity index (χ1) is 9.77. The number of hydrogen-bond acceptors (Lipinski definition) is 2. The van der Waals surface area contributed by atoms with E-state index in [1.165, 1.54) is 0 Å². The number of rotatable bonds is 3. The van der Waals surface area contributed by atoms with Gasteiger partial charge in [0, 0.05) is 15.7 Å². The number of halogens is 1. The highest BCUT2D eigenvalue weighted by molar-refractivity contribution is 9.10. The van der Waals surface area contributed by atoms with Gasteiger partial charge in [0.15, 0.2) is 0 Å². The summed E-state index contributed by atoms with van der Waals surface area (Å²) in [5.41, 5.74) is 3.01. The van der Waals surface area contributed by atoms with E-state index in [0.717, 1.165) is 27.7 Å². The number of hydrogen-bond donors (Lipinski definition) is 1. The van der Waals surface area contributed by atoms with Gasteiger partial charge in [-0.3, -0.25) is 10.1 Å². The van der Waals surface area contributed by atoms with E-state index in [0.29, 0.717) is 5.69 Å². The van der Waals surface area contributed by atoms with Crippen molar-refractivity contribution >= 4 is 21.6 Å². The SMILES string of the molecule is CCc1[nH]c(-c2ccccc2Br)c([N+](=O)[O-])c1C(C)(C)C. The summed E-state index contributed by atoms with van der Waals surface area (Å²) in [6.07, 6.45) is 0.734. The molecule has 0 radical (unpaired) electrons. The Bertz CT molecular complexity index is 684. The summed E-state index contributed by atoms with van der Waals surface area (Å²) in [6.45, 7) is 8.03. The van der Waals surface area contributed by atoms with Gasteiger partial charge in [-0.15, -0.1) is 0 Å². The van der Waals surface area contributed by atoms with Crippen LogP contribution in [0.4, 0.5) is 5.69 Å². The molecular weight excluding hydrogens is 332 g/mol. The second-order valence-corrected chi connectivity index (χ2v) is 6.90. The highest BCUT2D eigenvalue weighted by Crippen LogP contribution is 2.43. The highest BCUT2D eigenvalue weighted by atomic mass is 79.9. The van der Waals surface area contributed by atoms with Crippen LogP contribution in [0.5, 0.6) is 0 Å². The van der Waals surface area contributed by atoms with Crippen LogP contribution in [0.15, 0.2) is 28.7 Å². The molecule has 1 aromatic carbocycles. The number of nitrogens with one attached hydrogen (secondary N) is 1. The average Bonchev–Trinajstić information content (AvgIpc) is 2.78. The maximum atomic E-state index is 11.7. The van der Waals surface area contributed by atoms with E-state index in [1.807, 2.05) is 52.0 Å². The molecule has 0 aliphatic rings. The first kappa shape index (κ1) is 15.8. The van der Waals surface area contributed by atoms with Crippen LogP contribution in [-0.2, 0) is 11.8 Å². The Balaban J connectivity index is 2.83. The maximum Gasteiger partial charge on any atom is 0.298 e. The standard InChI is InChI=1S/C16H19BrN2O2/c1-5-12-13(16(2,3)4)15(19(20)21)14(18-12)10-8-6-7-9-11(10)17/h6-9,18H,5H2,1-4H3. The molecule has 4 nitrogen and oxygen atoms in total. The zero-order chi connectivity index (χ0) is 15.8. The lowest BCUT2D eigenvalue weighted by molar-refractivity contribution is -0.385. The summed E-state index contributed by atoms with van der Waals surface area (Å²) < 4.78 is 0.845. The van der Waals surface area contributed by atoms with Crippen LogP contribution in [-0.4, -0.2) is 9.91 Å². The van der Waals surface area contributed by atoms with Crippen molar-refractivity contribution in [3.8, 4) is 11.3 Å². The minimum absolute atomic E-state index is 0.186. The Morgan fingerprint density at radius 1 is 1.29 bits per heavy atom. The third-order valence-electron chi connectivity index (χ3n) is 3.48. The van der Waals surface area contributed by atoms with Gasteiger partial charge in [0.1, 0.15) is 5.69 Å². The van der Waals surface area contributed by atoms with Crippen LogP contribution in [0.2, 0.25) is 0 Å². The Hall–Kier alpha value is -1.62. The van der Waals surface area contributed by atoms with Crippen molar-refractivity contribution in [3.63, 3.8) is 0 Å². The zero-order valence-electron chi connectivity index (χ0n) is 12.7. The van der Waals surface area contributed by atoms with Gasteiger partial charge in [-0.05, 0) is 17.9 Å². The van der Waals surface area contributed by atoms with Gasteiger partial charge in [0.25, 0.3) is 5.69 Å². The van der Waals surface area contributed by atoms with Gasteiger partial charge >= 0.3 is 0 Å². The third kappa shape index (κ3) is 2.88. The van der Waals surface area contributed by atoms with Crippen LogP contribution >= 0.6 is 15.9 Å². The molecule has 112 valence electrons.